The van der Waals surface area contributed by atoms with Gasteiger partial charge >= 0.3 is 0 Å². The Morgan fingerprint density at radius 2 is 1.90 bits per heavy atom. The Morgan fingerprint density at radius 1 is 1.15 bits per heavy atom. The van der Waals surface area contributed by atoms with Crippen LogP contribution in [0.2, 0.25) is 0 Å². The van der Waals surface area contributed by atoms with Crippen LogP contribution >= 0.6 is 0 Å². The van der Waals surface area contributed by atoms with Crippen LogP contribution in [-0.2, 0) is 11.3 Å². The summed E-state index contributed by atoms with van der Waals surface area (Å²) in [5, 5.41) is 3.61. The van der Waals surface area contributed by atoms with Crippen molar-refractivity contribution in [3.63, 3.8) is 0 Å². The van der Waals surface area contributed by atoms with E-state index >= 15 is 0 Å². The van der Waals surface area contributed by atoms with Gasteiger partial charge in [0.05, 0.1) is 5.60 Å². The van der Waals surface area contributed by atoms with Gasteiger partial charge in [-0.3, -0.25) is 0 Å². The standard InChI is InChI=1S/C17H26N2O/c1-20-17(9-6-10-17)14-18-13-15-7-2-3-8-16(15)19-11-4-5-12-19/h2-3,7-8,18H,4-6,9-14H2,1H3. The molecule has 1 aliphatic heterocycles. The second-order valence-corrected chi connectivity index (χ2v) is 6.17. The average molecular weight is 274 g/mol. The van der Waals surface area contributed by atoms with Gasteiger partial charge in [-0.15, -0.1) is 0 Å². The Labute approximate surface area is 122 Å². The maximum absolute atomic E-state index is 5.67. The predicted molar refractivity (Wildman–Crippen MR) is 83.2 cm³/mol. The summed E-state index contributed by atoms with van der Waals surface area (Å²) in [7, 11) is 1.85. The van der Waals surface area contributed by atoms with Gasteiger partial charge in [-0.2, -0.15) is 0 Å². The number of rotatable bonds is 6. The number of ether oxygens (including phenoxy) is 1. The molecule has 0 aromatic heterocycles. The van der Waals surface area contributed by atoms with E-state index in [4.69, 9.17) is 4.74 Å². The van der Waals surface area contributed by atoms with Gasteiger partial charge in [0.25, 0.3) is 0 Å². The van der Waals surface area contributed by atoms with E-state index in [1.807, 2.05) is 7.11 Å². The highest BCUT2D eigenvalue weighted by molar-refractivity contribution is 5.54. The highest BCUT2D eigenvalue weighted by atomic mass is 16.5. The van der Waals surface area contributed by atoms with E-state index in [9.17, 15) is 0 Å². The molecule has 2 aliphatic rings. The minimum Gasteiger partial charge on any atom is -0.377 e. The van der Waals surface area contributed by atoms with E-state index in [2.05, 4.69) is 34.5 Å². The van der Waals surface area contributed by atoms with E-state index in [-0.39, 0.29) is 5.60 Å². The molecule has 1 aliphatic carbocycles. The van der Waals surface area contributed by atoms with Crippen LogP contribution < -0.4 is 10.2 Å². The number of hydrogen-bond acceptors (Lipinski definition) is 3. The summed E-state index contributed by atoms with van der Waals surface area (Å²) in [6.07, 6.45) is 6.36. The molecule has 3 rings (SSSR count). The van der Waals surface area contributed by atoms with Crippen LogP contribution in [0.4, 0.5) is 5.69 Å². The molecule has 110 valence electrons. The summed E-state index contributed by atoms with van der Waals surface area (Å²) < 4.78 is 5.67. The number of benzene rings is 1. The van der Waals surface area contributed by atoms with E-state index in [0.29, 0.717) is 0 Å². The van der Waals surface area contributed by atoms with Crippen LogP contribution in [0.5, 0.6) is 0 Å². The molecule has 3 heteroatoms. The minimum absolute atomic E-state index is 0.114. The lowest BCUT2D eigenvalue weighted by atomic mass is 9.80. The summed E-state index contributed by atoms with van der Waals surface area (Å²) in [4.78, 5) is 2.52. The van der Waals surface area contributed by atoms with E-state index in [1.165, 1.54) is 56.4 Å². The van der Waals surface area contributed by atoms with Crippen molar-refractivity contribution < 1.29 is 4.74 Å². The van der Waals surface area contributed by atoms with Crippen molar-refractivity contribution in [3.8, 4) is 0 Å². The SMILES string of the molecule is COC1(CNCc2ccccc2N2CCCC2)CCC1. The molecule has 0 amide bonds. The van der Waals surface area contributed by atoms with Gasteiger partial charge < -0.3 is 15.0 Å². The topological polar surface area (TPSA) is 24.5 Å². The van der Waals surface area contributed by atoms with Gasteiger partial charge in [0, 0.05) is 39.0 Å². The third kappa shape index (κ3) is 2.84. The van der Waals surface area contributed by atoms with Gasteiger partial charge in [0.1, 0.15) is 0 Å². The van der Waals surface area contributed by atoms with Gasteiger partial charge in [-0.1, -0.05) is 18.2 Å². The highest BCUT2D eigenvalue weighted by Gasteiger charge is 2.36. The number of methoxy groups -OCH3 is 1. The fourth-order valence-electron chi connectivity index (χ4n) is 3.38. The first-order valence-electron chi connectivity index (χ1n) is 7.92. The molecule has 0 atom stereocenters. The molecule has 1 heterocycles. The predicted octanol–water partition coefficient (Wildman–Crippen LogP) is 2.95. The number of anilines is 1. The molecule has 0 radical (unpaired) electrons. The van der Waals surface area contributed by atoms with E-state index in [0.717, 1.165) is 13.1 Å². The highest BCUT2D eigenvalue weighted by Crippen LogP contribution is 2.34. The van der Waals surface area contributed by atoms with E-state index in [1.54, 1.807) is 0 Å². The van der Waals surface area contributed by atoms with Crippen LogP contribution in [0.25, 0.3) is 0 Å². The average Bonchev–Trinajstić information content (AvgIpc) is 2.96. The summed E-state index contributed by atoms with van der Waals surface area (Å²) in [6.45, 7) is 4.33. The Bertz CT molecular complexity index is 431. The third-order valence-corrected chi connectivity index (χ3v) is 4.90. The smallest absolute Gasteiger partial charge is 0.0802 e. The molecule has 3 nitrogen and oxygen atoms in total. The van der Waals surface area contributed by atoms with Gasteiger partial charge in [-0.25, -0.2) is 0 Å². The van der Waals surface area contributed by atoms with Crippen molar-refractivity contribution in [3.05, 3.63) is 29.8 Å². The zero-order valence-corrected chi connectivity index (χ0v) is 12.5. The first-order valence-corrected chi connectivity index (χ1v) is 7.92. The Hall–Kier alpha value is -1.06. The fraction of sp³-hybridized carbons (Fsp3) is 0.647. The van der Waals surface area contributed by atoms with Crippen molar-refractivity contribution in [1.82, 2.24) is 5.32 Å². The molecule has 1 saturated heterocycles. The summed E-state index contributed by atoms with van der Waals surface area (Å²) in [6, 6.07) is 8.81. The van der Waals surface area contributed by atoms with E-state index < -0.39 is 0 Å². The molecule has 1 aromatic rings. The van der Waals surface area contributed by atoms with Crippen molar-refractivity contribution in [2.45, 2.75) is 44.2 Å². The quantitative estimate of drug-likeness (QED) is 0.863. The van der Waals surface area contributed by atoms with Crippen LogP contribution in [-0.4, -0.2) is 32.3 Å². The molecule has 1 aromatic carbocycles. The molecule has 2 fully saturated rings. The molecular formula is C17H26N2O. The Kier molecular flexibility index (Phi) is 4.27. The molecule has 1 saturated carbocycles. The Balaban J connectivity index is 1.59. The number of nitrogens with zero attached hydrogens (tertiary/aromatic N) is 1. The summed E-state index contributed by atoms with van der Waals surface area (Å²) in [5.41, 5.74) is 2.94. The number of para-hydroxylation sites is 1. The molecule has 0 unspecified atom stereocenters. The Morgan fingerprint density at radius 3 is 2.55 bits per heavy atom. The van der Waals surface area contributed by atoms with Crippen molar-refractivity contribution in [2.24, 2.45) is 0 Å². The lowest BCUT2D eigenvalue weighted by molar-refractivity contribution is -0.0695. The monoisotopic (exact) mass is 274 g/mol. The summed E-state index contributed by atoms with van der Waals surface area (Å²) in [5.74, 6) is 0. The maximum atomic E-state index is 5.67. The zero-order valence-electron chi connectivity index (χ0n) is 12.5. The molecule has 1 N–H and O–H groups in total. The largest absolute Gasteiger partial charge is 0.377 e. The second-order valence-electron chi connectivity index (χ2n) is 6.17. The molecular weight excluding hydrogens is 248 g/mol. The summed E-state index contributed by atoms with van der Waals surface area (Å²) >= 11 is 0. The number of nitrogens with one attached hydrogen (secondary N) is 1. The van der Waals surface area contributed by atoms with Gasteiger partial charge in [0.2, 0.25) is 0 Å². The van der Waals surface area contributed by atoms with Crippen molar-refractivity contribution in [2.75, 3.05) is 31.6 Å². The fourth-order valence-corrected chi connectivity index (χ4v) is 3.38. The first kappa shape index (κ1) is 13.9. The first-order chi connectivity index (χ1) is 9.83. The third-order valence-electron chi connectivity index (χ3n) is 4.90. The molecule has 20 heavy (non-hydrogen) atoms. The second kappa shape index (κ2) is 6.15. The zero-order chi connectivity index (χ0) is 13.8. The van der Waals surface area contributed by atoms with Gasteiger partial charge in [0.15, 0.2) is 0 Å². The van der Waals surface area contributed by atoms with Crippen LogP contribution in [0.3, 0.4) is 0 Å². The minimum atomic E-state index is 0.114. The van der Waals surface area contributed by atoms with Crippen LogP contribution in [0.15, 0.2) is 24.3 Å². The number of hydrogen-bond donors (Lipinski definition) is 1. The van der Waals surface area contributed by atoms with Gasteiger partial charge in [-0.05, 0) is 43.7 Å². The lowest BCUT2D eigenvalue weighted by Crippen LogP contribution is -2.47. The van der Waals surface area contributed by atoms with Crippen LogP contribution in [0, 0.1) is 0 Å². The lowest BCUT2D eigenvalue weighted by Gasteiger charge is -2.40. The van der Waals surface area contributed by atoms with Crippen LogP contribution in [0.1, 0.15) is 37.7 Å². The van der Waals surface area contributed by atoms with Crippen molar-refractivity contribution >= 4 is 5.69 Å². The maximum Gasteiger partial charge on any atom is 0.0802 e. The normalized spacial score (nSPS) is 20.9. The molecule has 0 bridgehead atoms. The molecule has 0 spiro atoms. The van der Waals surface area contributed by atoms with Crippen molar-refractivity contribution in [1.29, 1.82) is 0 Å².